The lowest BCUT2D eigenvalue weighted by atomic mass is 9.94. The van der Waals surface area contributed by atoms with Crippen LogP contribution < -0.4 is 4.90 Å². The third kappa shape index (κ3) is 5.11. The molecule has 0 saturated carbocycles. The van der Waals surface area contributed by atoms with Crippen molar-refractivity contribution in [1.29, 1.82) is 0 Å². The summed E-state index contributed by atoms with van der Waals surface area (Å²) in [7, 11) is 0. The van der Waals surface area contributed by atoms with Crippen LogP contribution in [-0.4, -0.2) is 61.0 Å². The average molecular weight is 366 g/mol. The maximum absolute atomic E-state index is 12.9. The molecule has 0 atom stereocenters. The maximum atomic E-state index is 12.9. The molecule has 2 aliphatic rings. The molecule has 0 spiro atoms. The molecule has 0 aromatic heterocycles. The van der Waals surface area contributed by atoms with E-state index in [4.69, 9.17) is 0 Å². The zero-order valence-corrected chi connectivity index (χ0v) is 16.4. The van der Waals surface area contributed by atoms with Gasteiger partial charge in [0.15, 0.2) is 0 Å². The van der Waals surface area contributed by atoms with E-state index in [1.54, 1.807) is 0 Å². The smallest absolute Gasteiger partial charge is 0.225 e. The van der Waals surface area contributed by atoms with Gasteiger partial charge in [-0.15, -0.1) is 12.4 Å². The van der Waals surface area contributed by atoms with Crippen molar-refractivity contribution < 1.29 is 4.79 Å². The molecule has 1 aromatic carbocycles. The number of hydrogen-bond donors (Lipinski definition) is 0. The number of rotatable bonds is 3. The summed E-state index contributed by atoms with van der Waals surface area (Å²) in [6, 6.07) is 11.1. The minimum absolute atomic E-state index is 0. The van der Waals surface area contributed by atoms with Gasteiger partial charge in [0, 0.05) is 56.9 Å². The van der Waals surface area contributed by atoms with Crippen LogP contribution in [-0.2, 0) is 4.79 Å². The SMILES string of the molecule is CC(C)N1CCCN(C(=O)C2CCN(c3ccccc3)CC2)CC1.Cl. The number of halogens is 1. The summed E-state index contributed by atoms with van der Waals surface area (Å²) in [5.41, 5.74) is 1.28. The number of para-hydroxylation sites is 1. The second-order valence-corrected chi connectivity index (χ2v) is 7.41. The molecule has 1 aromatic rings. The summed E-state index contributed by atoms with van der Waals surface area (Å²) >= 11 is 0. The van der Waals surface area contributed by atoms with E-state index in [0.717, 1.165) is 58.5 Å². The molecule has 0 bridgehead atoms. The molecule has 5 heteroatoms. The zero-order valence-electron chi connectivity index (χ0n) is 15.6. The van der Waals surface area contributed by atoms with Gasteiger partial charge in [-0.3, -0.25) is 9.69 Å². The highest BCUT2D eigenvalue weighted by Crippen LogP contribution is 2.25. The van der Waals surface area contributed by atoms with E-state index in [9.17, 15) is 4.79 Å². The third-order valence-electron chi connectivity index (χ3n) is 5.54. The fraction of sp³-hybridized carbons (Fsp3) is 0.650. The zero-order chi connectivity index (χ0) is 16.9. The van der Waals surface area contributed by atoms with Crippen LogP contribution >= 0.6 is 12.4 Å². The summed E-state index contributed by atoms with van der Waals surface area (Å²) in [4.78, 5) is 19.9. The maximum Gasteiger partial charge on any atom is 0.225 e. The van der Waals surface area contributed by atoms with Gasteiger partial charge in [-0.2, -0.15) is 0 Å². The number of anilines is 1. The van der Waals surface area contributed by atoms with Crippen LogP contribution in [0.2, 0.25) is 0 Å². The normalized spacial score (nSPS) is 20.3. The molecule has 4 nitrogen and oxygen atoms in total. The first kappa shape index (κ1) is 20.1. The number of benzene rings is 1. The molecule has 0 unspecified atom stereocenters. The molecule has 2 saturated heterocycles. The molecule has 3 rings (SSSR count). The van der Waals surface area contributed by atoms with E-state index >= 15 is 0 Å². The van der Waals surface area contributed by atoms with Gasteiger partial charge in [0.25, 0.3) is 0 Å². The Bertz CT molecular complexity index is 529. The van der Waals surface area contributed by atoms with Crippen molar-refractivity contribution in [2.75, 3.05) is 44.2 Å². The lowest BCUT2D eigenvalue weighted by Crippen LogP contribution is -2.44. The van der Waals surface area contributed by atoms with E-state index < -0.39 is 0 Å². The Morgan fingerprint density at radius 1 is 0.960 bits per heavy atom. The van der Waals surface area contributed by atoms with Crippen LogP contribution in [0.25, 0.3) is 0 Å². The number of piperidine rings is 1. The first-order valence-corrected chi connectivity index (χ1v) is 9.48. The van der Waals surface area contributed by atoms with Gasteiger partial charge in [0.2, 0.25) is 5.91 Å². The monoisotopic (exact) mass is 365 g/mol. The van der Waals surface area contributed by atoms with Crippen LogP contribution in [0.15, 0.2) is 30.3 Å². The quantitative estimate of drug-likeness (QED) is 0.822. The predicted molar refractivity (Wildman–Crippen MR) is 107 cm³/mol. The highest BCUT2D eigenvalue weighted by molar-refractivity contribution is 5.85. The van der Waals surface area contributed by atoms with Gasteiger partial charge >= 0.3 is 0 Å². The van der Waals surface area contributed by atoms with E-state index in [0.29, 0.717) is 11.9 Å². The van der Waals surface area contributed by atoms with Crippen molar-refractivity contribution in [3.63, 3.8) is 0 Å². The third-order valence-corrected chi connectivity index (χ3v) is 5.54. The molecule has 1 amide bonds. The second-order valence-electron chi connectivity index (χ2n) is 7.41. The minimum atomic E-state index is 0. The number of hydrogen-bond acceptors (Lipinski definition) is 3. The van der Waals surface area contributed by atoms with E-state index in [1.165, 1.54) is 5.69 Å². The van der Waals surface area contributed by atoms with Gasteiger partial charge in [0.1, 0.15) is 0 Å². The fourth-order valence-corrected chi connectivity index (χ4v) is 3.96. The van der Waals surface area contributed by atoms with E-state index in [2.05, 4.69) is 58.9 Å². The first-order valence-electron chi connectivity index (χ1n) is 9.48. The van der Waals surface area contributed by atoms with Gasteiger partial charge < -0.3 is 9.80 Å². The summed E-state index contributed by atoms with van der Waals surface area (Å²) in [6.07, 6.45) is 3.07. The van der Waals surface area contributed by atoms with Crippen molar-refractivity contribution in [3.8, 4) is 0 Å². The van der Waals surface area contributed by atoms with Gasteiger partial charge in [0.05, 0.1) is 0 Å². The standard InChI is InChI=1S/C20H31N3O.ClH/c1-17(2)21-11-6-12-23(16-15-21)20(24)18-9-13-22(14-10-18)19-7-4-3-5-8-19;/h3-5,7-8,17-18H,6,9-16H2,1-2H3;1H. The van der Waals surface area contributed by atoms with Gasteiger partial charge in [-0.1, -0.05) is 18.2 Å². The number of amides is 1. The molecular weight excluding hydrogens is 334 g/mol. The average Bonchev–Trinajstić information content (AvgIpc) is 2.88. The topological polar surface area (TPSA) is 26.8 Å². The Hall–Kier alpha value is -1.26. The Morgan fingerprint density at radius 2 is 1.64 bits per heavy atom. The van der Waals surface area contributed by atoms with Crippen molar-refractivity contribution in [2.45, 2.75) is 39.2 Å². The molecular formula is C20H32ClN3O. The van der Waals surface area contributed by atoms with Crippen LogP contribution in [0.4, 0.5) is 5.69 Å². The Morgan fingerprint density at radius 3 is 2.28 bits per heavy atom. The molecule has 0 radical (unpaired) electrons. The van der Waals surface area contributed by atoms with Crippen LogP contribution in [0.1, 0.15) is 33.1 Å². The largest absolute Gasteiger partial charge is 0.371 e. The fourth-order valence-electron chi connectivity index (χ4n) is 3.96. The van der Waals surface area contributed by atoms with Gasteiger partial charge in [-0.25, -0.2) is 0 Å². The van der Waals surface area contributed by atoms with Crippen LogP contribution in [0, 0.1) is 5.92 Å². The van der Waals surface area contributed by atoms with Crippen molar-refractivity contribution in [1.82, 2.24) is 9.80 Å². The molecule has 0 N–H and O–H groups in total. The Balaban J connectivity index is 0.00000225. The summed E-state index contributed by atoms with van der Waals surface area (Å²) in [6.45, 7) is 10.4. The highest BCUT2D eigenvalue weighted by Gasteiger charge is 2.29. The minimum Gasteiger partial charge on any atom is -0.371 e. The predicted octanol–water partition coefficient (Wildman–Crippen LogP) is 3.27. The number of carbonyl (C=O) groups is 1. The van der Waals surface area contributed by atoms with E-state index in [1.807, 2.05) is 0 Å². The lowest BCUT2D eigenvalue weighted by molar-refractivity contribution is -0.136. The van der Waals surface area contributed by atoms with Crippen molar-refractivity contribution in [2.24, 2.45) is 5.92 Å². The van der Waals surface area contributed by atoms with Gasteiger partial charge in [-0.05, 0) is 45.2 Å². The molecule has 2 fully saturated rings. The molecule has 25 heavy (non-hydrogen) atoms. The summed E-state index contributed by atoms with van der Waals surface area (Å²) in [5.74, 6) is 0.615. The van der Waals surface area contributed by atoms with E-state index in [-0.39, 0.29) is 18.3 Å². The summed E-state index contributed by atoms with van der Waals surface area (Å²) in [5, 5.41) is 0. The molecule has 2 heterocycles. The van der Waals surface area contributed by atoms with Crippen molar-refractivity contribution >= 4 is 24.0 Å². The Labute approximate surface area is 158 Å². The molecule has 140 valence electrons. The van der Waals surface area contributed by atoms with Crippen LogP contribution in [0.3, 0.4) is 0 Å². The van der Waals surface area contributed by atoms with Crippen LogP contribution in [0.5, 0.6) is 0 Å². The lowest BCUT2D eigenvalue weighted by Gasteiger charge is -2.35. The summed E-state index contributed by atoms with van der Waals surface area (Å²) < 4.78 is 0. The number of carbonyl (C=O) groups excluding carboxylic acids is 1. The van der Waals surface area contributed by atoms with Crippen molar-refractivity contribution in [3.05, 3.63) is 30.3 Å². The second kappa shape index (κ2) is 9.44. The number of nitrogens with zero attached hydrogens (tertiary/aromatic N) is 3. The molecule has 0 aliphatic carbocycles. The first-order chi connectivity index (χ1) is 11.6. The molecule has 2 aliphatic heterocycles. The Kier molecular flexibility index (Phi) is 7.57. The highest BCUT2D eigenvalue weighted by atomic mass is 35.5.